The van der Waals surface area contributed by atoms with E-state index in [0.29, 0.717) is 31.7 Å². The number of hydrogen-bond acceptors (Lipinski definition) is 4. The Labute approximate surface area is 134 Å². The van der Waals surface area contributed by atoms with Crippen molar-refractivity contribution in [3.05, 3.63) is 54.0 Å². The van der Waals surface area contributed by atoms with E-state index in [1.807, 2.05) is 24.3 Å². The molecule has 0 spiro atoms. The van der Waals surface area contributed by atoms with Crippen LogP contribution in [0, 0.1) is 0 Å². The Hall–Kier alpha value is -2.76. The van der Waals surface area contributed by atoms with Crippen LogP contribution in [0.25, 0.3) is 0 Å². The molecule has 1 saturated heterocycles. The van der Waals surface area contributed by atoms with Crippen LogP contribution in [0.3, 0.4) is 0 Å². The molecule has 6 nitrogen and oxygen atoms in total. The van der Waals surface area contributed by atoms with Crippen LogP contribution in [0.15, 0.2) is 42.9 Å². The third-order valence-corrected chi connectivity index (χ3v) is 3.74. The molecule has 0 aromatic carbocycles. The molecular weight excluding hydrogens is 292 g/mol. The van der Waals surface area contributed by atoms with E-state index in [-0.39, 0.29) is 11.8 Å². The third-order valence-electron chi connectivity index (χ3n) is 3.74. The second-order valence-electron chi connectivity index (χ2n) is 5.49. The van der Waals surface area contributed by atoms with Gasteiger partial charge in [0.2, 0.25) is 11.8 Å². The third kappa shape index (κ3) is 3.91. The molecule has 23 heavy (non-hydrogen) atoms. The van der Waals surface area contributed by atoms with Crippen LogP contribution in [0.4, 0.5) is 5.82 Å². The molecular formula is C17H18N4O2. The standard InChI is InChI=1S/C17H18N4O2/c22-16(10-13-3-1-6-18-11-13)20-12-14-5-7-19-15(9-14)21-8-2-4-17(21)23/h1,3,5-7,9,11H,2,4,8,10,12H2,(H,20,22). The predicted octanol–water partition coefficient (Wildman–Crippen LogP) is 1.46. The van der Waals surface area contributed by atoms with Gasteiger partial charge in [-0.2, -0.15) is 0 Å². The molecule has 0 unspecified atom stereocenters. The number of anilines is 1. The van der Waals surface area contributed by atoms with Crippen LogP contribution in [0.2, 0.25) is 0 Å². The van der Waals surface area contributed by atoms with E-state index in [0.717, 1.165) is 17.5 Å². The monoisotopic (exact) mass is 310 g/mol. The summed E-state index contributed by atoms with van der Waals surface area (Å²) >= 11 is 0. The summed E-state index contributed by atoms with van der Waals surface area (Å²) in [4.78, 5) is 33.7. The van der Waals surface area contributed by atoms with Crippen molar-refractivity contribution in [1.82, 2.24) is 15.3 Å². The normalized spacial score (nSPS) is 14.1. The fourth-order valence-corrected chi connectivity index (χ4v) is 2.56. The van der Waals surface area contributed by atoms with Gasteiger partial charge in [0.15, 0.2) is 0 Å². The molecule has 2 aromatic heterocycles. The molecule has 1 aliphatic rings. The van der Waals surface area contributed by atoms with Gasteiger partial charge in [0.25, 0.3) is 0 Å². The van der Waals surface area contributed by atoms with Crippen molar-refractivity contribution in [3.8, 4) is 0 Å². The van der Waals surface area contributed by atoms with Gasteiger partial charge in [0, 0.05) is 38.1 Å². The first-order valence-corrected chi connectivity index (χ1v) is 7.63. The van der Waals surface area contributed by atoms with Gasteiger partial charge in [-0.3, -0.25) is 19.5 Å². The molecule has 3 heterocycles. The van der Waals surface area contributed by atoms with E-state index in [4.69, 9.17) is 0 Å². The Balaban J connectivity index is 1.58. The van der Waals surface area contributed by atoms with Crippen molar-refractivity contribution in [3.63, 3.8) is 0 Å². The fourth-order valence-electron chi connectivity index (χ4n) is 2.56. The van der Waals surface area contributed by atoms with Crippen LogP contribution in [-0.4, -0.2) is 28.3 Å². The molecule has 3 rings (SSSR count). The predicted molar refractivity (Wildman–Crippen MR) is 85.6 cm³/mol. The molecule has 1 aliphatic heterocycles. The minimum atomic E-state index is -0.0615. The van der Waals surface area contributed by atoms with Crippen LogP contribution in [-0.2, 0) is 22.6 Å². The molecule has 118 valence electrons. The van der Waals surface area contributed by atoms with Gasteiger partial charge in [-0.25, -0.2) is 4.98 Å². The largest absolute Gasteiger partial charge is 0.352 e. The summed E-state index contributed by atoms with van der Waals surface area (Å²) in [6, 6.07) is 7.38. The van der Waals surface area contributed by atoms with E-state index in [9.17, 15) is 9.59 Å². The molecule has 0 aliphatic carbocycles. The Morgan fingerprint density at radius 3 is 2.91 bits per heavy atom. The average Bonchev–Trinajstić information content (AvgIpc) is 3.00. The van der Waals surface area contributed by atoms with Crippen LogP contribution in [0.5, 0.6) is 0 Å². The number of rotatable bonds is 5. The maximum absolute atomic E-state index is 12.0. The maximum Gasteiger partial charge on any atom is 0.228 e. The molecule has 0 atom stereocenters. The SMILES string of the molecule is O=C(Cc1cccnc1)NCc1ccnc(N2CCCC2=O)c1. The Kier molecular flexibility index (Phi) is 4.61. The highest BCUT2D eigenvalue weighted by Crippen LogP contribution is 2.19. The topological polar surface area (TPSA) is 75.2 Å². The first kappa shape index (κ1) is 15.1. The summed E-state index contributed by atoms with van der Waals surface area (Å²) in [5.41, 5.74) is 1.80. The summed E-state index contributed by atoms with van der Waals surface area (Å²) in [6.07, 6.45) is 6.78. The molecule has 6 heteroatoms. The molecule has 2 aromatic rings. The number of carbonyl (C=O) groups excluding carboxylic acids is 2. The van der Waals surface area contributed by atoms with Crippen molar-refractivity contribution in [2.75, 3.05) is 11.4 Å². The van der Waals surface area contributed by atoms with Crippen molar-refractivity contribution in [2.45, 2.75) is 25.8 Å². The molecule has 0 radical (unpaired) electrons. The van der Waals surface area contributed by atoms with Crippen LogP contribution < -0.4 is 10.2 Å². The summed E-state index contributed by atoms with van der Waals surface area (Å²) in [5, 5.41) is 2.88. The van der Waals surface area contributed by atoms with E-state index >= 15 is 0 Å². The van der Waals surface area contributed by atoms with E-state index in [2.05, 4.69) is 15.3 Å². The molecule has 1 fully saturated rings. The lowest BCUT2D eigenvalue weighted by Gasteiger charge is -2.15. The Bertz CT molecular complexity index is 703. The number of carbonyl (C=O) groups is 2. The summed E-state index contributed by atoms with van der Waals surface area (Å²) in [6.45, 7) is 1.12. The maximum atomic E-state index is 12.0. The number of amides is 2. The number of pyridine rings is 2. The fraction of sp³-hybridized carbons (Fsp3) is 0.294. The minimum Gasteiger partial charge on any atom is -0.352 e. The van der Waals surface area contributed by atoms with Gasteiger partial charge in [-0.1, -0.05) is 6.07 Å². The van der Waals surface area contributed by atoms with Gasteiger partial charge in [-0.15, -0.1) is 0 Å². The van der Waals surface area contributed by atoms with Gasteiger partial charge >= 0.3 is 0 Å². The molecule has 0 bridgehead atoms. The van der Waals surface area contributed by atoms with E-state index in [1.165, 1.54) is 0 Å². The van der Waals surface area contributed by atoms with Gasteiger partial charge in [-0.05, 0) is 35.7 Å². The Morgan fingerprint density at radius 1 is 1.26 bits per heavy atom. The zero-order valence-corrected chi connectivity index (χ0v) is 12.7. The van der Waals surface area contributed by atoms with Crippen LogP contribution >= 0.6 is 0 Å². The Morgan fingerprint density at radius 2 is 2.17 bits per heavy atom. The summed E-state index contributed by atoms with van der Waals surface area (Å²) in [7, 11) is 0. The lowest BCUT2D eigenvalue weighted by molar-refractivity contribution is -0.120. The summed E-state index contributed by atoms with van der Waals surface area (Å²) < 4.78 is 0. The van der Waals surface area contributed by atoms with Gasteiger partial charge in [0.1, 0.15) is 5.82 Å². The van der Waals surface area contributed by atoms with Gasteiger partial charge in [0.05, 0.1) is 6.42 Å². The van der Waals surface area contributed by atoms with Gasteiger partial charge < -0.3 is 5.32 Å². The number of hydrogen-bond donors (Lipinski definition) is 1. The number of nitrogens with one attached hydrogen (secondary N) is 1. The highest BCUT2D eigenvalue weighted by molar-refractivity contribution is 5.94. The number of nitrogens with zero attached hydrogens (tertiary/aromatic N) is 3. The average molecular weight is 310 g/mol. The van der Waals surface area contributed by atoms with E-state index < -0.39 is 0 Å². The van der Waals surface area contributed by atoms with Crippen molar-refractivity contribution in [2.24, 2.45) is 0 Å². The lowest BCUT2D eigenvalue weighted by Crippen LogP contribution is -2.26. The van der Waals surface area contributed by atoms with Crippen molar-refractivity contribution in [1.29, 1.82) is 0 Å². The second kappa shape index (κ2) is 7.00. The second-order valence-corrected chi connectivity index (χ2v) is 5.49. The summed E-state index contributed by atoms with van der Waals surface area (Å²) in [5.74, 6) is 0.704. The smallest absolute Gasteiger partial charge is 0.228 e. The zero-order valence-electron chi connectivity index (χ0n) is 12.7. The number of aromatic nitrogens is 2. The highest BCUT2D eigenvalue weighted by Gasteiger charge is 2.22. The van der Waals surface area contributed by atoms with Crippen molar-refractivity contribution >= 4 is 17.6 Å². The quantitative estimate of drug-likeness (QED) is 0.907. The molecule has 2 amide bonds. The highest BCUT2D eigenvalue weighted by atomic mass is 16.2. The van der Waals surface area contributed by atoms with Crippen LogP contribution in [0.1, 0.15) is 24.0 Å². The zero-order chi connectivity index (χ0) is 16.1. The van der Waals surface area contributed by atoms with E-state index in [1.54, 1.807) is 23.5 Å². The lowest BCUT2D eigenvalue weighted by atomic mass is 10.2. The molecule has 0 saturated carbocycles. The minimum absolute atomic E-state index is 0.0615. The first-order chi connectivity index (χ1) is 11.2. The van der Waals surface area contributed by atoms with Crippen molar-refractivity contribution < 1.29 is 9.59 Å². The molecule has 1 N–H and O–H groups in total. The first-order valence-electron chi connectivity index (χ1n) is 7.63.